The van der Waals surface area contributed by atoms with E-state index in [0.717, 1.165) is 13.0 Å². The zero-order valence-corrected chi connectivity index (χ0v) is 10.1. The van der Waals surface area contributed by atoms with E-state index in [1.807, 2.05) is 0 Å². The number of nitrogens with zero attached hydrogens (tertiary/aromatic N) is 1. The van der Waals surface area contributed by atoms with Crippen LogP contribution < -0.4 is 16.6 Å². The number of anilines is 1. The standard InChI is InChI=1S/C11H20N4O/c1-8-14-9(6-10(16)15-8)13-7-11(2,3)4-5-12/h6H,4-5,7,12H2,1-3H3,(H2,13,14,15,16). The molecule has 0 radical (unpaired) electrons. The highest BCUT2D eigenvalue weighted by molar-refractivity contribution is 5.33. The van der Waals surface area contributed by atoms with Gasteiger partial charge in [0.25, 0.3) is 5.56 Å². The smallest absolute Gasteiger partial charge is 0.252 e. The van der Waals surface area contributed by atoms with Gasteiger partial charge in [0.2, 0.25) is 0 Å². The van der Waals surface area contributed by atoms with E-state index in [1.54, 1.807) is 6.92 Å². The Hall–Kier alpha value is -1.36. The second-order valence-corrected chi connectivity index (χ2v) is 4.77. The van der Waals surface area contributed by atoms with Crippen LogP contribution in [0.5, 0.6) is 0 Å². The van der Waals surface area contributed by atoms with Crippen molar-refractivity contribution in [2.24, 2.45) is 11.1 Å². The first kappa shape index (κ1) is 12.7. The van der Waals surface area contributed by atoms with E-state index in [1.165, 1.54) is 6.07 Å². The minimum Gasteiger partial charge on any atom is -0.369 e. The van der Waals surface area contributed by atoms with Gasteiger partial charge in [-0.1, -0.05) is 13.8 Å². The lowest BCUT2D eigenvalue weighted by atomic mass is 9.89. The minimum absolute atomic E-state index is 0.104. The number of aromatic amines is 1. The van der Waals surface area contributed by atoms with E-state index in [2.05, 4.69) is 29.1 Å². The maximum atomic E-state index is 11.2. The van der Waals surface area contributed by atoms with Gasteiger partial charge < -0.3 is 16.0 Å². The summed E-state index contributed by atoms with van der Waals surface area (Å²) in [4.78, 5) is 18.0. The lowest BCUT2D eigenvalue weighted by Gasteiger charge is -2.24. The molecule has 0 aliphatic rings. The first-order chi connectivity index (χ1) is 7.43. The molecule has 0 saturated carbocycles. The lowest BCUT2D eigenvalue weighted by Crippen LogP contribution is -2.27. The molecule has 90 valence electrons. The number of hydrogen-bond acceptors (Lipinski definition) is 4. The van der Waals surface area contributed by atoms with Gasteiger partial charge in [0, 0.05) is 12.6 Å². The Kier molecular flexibility index (Phi) is 4.06. The molecule has 0 unspecified atom stereocenters. The zero-order valence-electron chi connectivity index (χ0n) is 10.1. The van der Waals surface area contributed by atoms with Gasteiger partial charge >= 0.3 is 0 Å². The molecule has 0 amide bonds. The summed E-state index contributed by atoms with van der Waals surface area (Å²) in [5.41, 5.74) is 5.50. The first-order valence-electron chi connectivity index (χ1n) is 5.45. The molecular weight excluding hydrogens is 204 g/mol. The fraction of sp³-hybridized carbons (Fsp3) is 0.636. The van der Waals surface area contributed by atoms with Crippen molar-refractivity contribution in [2.75, 3.05) is 18.4 Å². The number of aryl methyl sites for hydroxylation is 1. The van der Waals surface area contributed by atoms with Gasteiger partial charge in [0.1, 0.15) is 11.6 Å². The number of aromatic nitrogens is 2. The summed E-state index contributed by atoms with van der Waals surface area (Å²) >= 11 is 0. The van der Waals surface area contributed by atoms with Crippen molar-refractivity contribution in [3.63, 3.8) is 0 Å². The van der Waals surface area contributed by atoms with Crippen LogP contribution in [0.25, 0.3) is 0 Å². The minimum atomic E-state index is -0.133. The molecule has 1 aromatic heterocycles. The normalized spacial score (nSPS) is 11.5. The molecule has 0 atom stereocenters. The Morgan fingerprint density at radius 3 is 2.81 bits per heavy atom. The summed E-state index contributed by atoms with van der Waals surface area (Å²) in [6.45, 7) is 7.44. The predicted molar refractivity (Wildman–Crippen MR) is 65.5 cm³/mol. The SMILES string of the molecule is Cc1nc(NCC(C)(C)CCN)cc(=O)[nH]1. The fourth-order valence-corrected chi connectivity index (χ4v) is 1.48. The summed E-state index contributed by atoms with van der Waals surface area (Å²) in [5.74, 6) is 1.23. The van der Waals surface area contributed by atoms with Crippen LogP contribution in [0.2, 0.25) is 0 Å². The quantitative estimate of drug-likeness (QED) is 0.692. The highest BCUT2D eigenvalue weighted by atomic mass is 16.1. The average molecular weight is 224 g/mol. The van der Waals surface area contributed by atoms with Crippen molar-refractivity contribution in [2.45, 2.75) is 27.2 Å². The Morgan fingerprint density at radius 1 is 1.56 bits per heavy atom. The summed E-state index contributed by atoms with van der Waals surface area (Å²) in [7, 11) is 0. The third-order valence-electron chi connectivity index (χ3n) is 2.43. The van der Waals surface area contributed by atoms with Crippen molar-refractivity contribution in [1.29, 1.82) is 0 Å². The van der Waals surface area contributed by atoms with E-state index in [4.69, 9.17) is 5.73 Å². The highest BCUT2D eigenvalue weighted by Crippen LogP contribution is 2.19. The van der Waals surface area contributed by atoms with Crippen LogP contribution in [0.4, 0.5) is 5.82 Å². The molecule has 1 heterocycles. The van der Waals surface area contributed by atoms with Crippen LogP contribution in [-0.2, 0) is 0 Å². The third kappa shape index (κ3) is 4.02. The van der Waals surface area contributed by atoms with Crippen LogP contribution in [0.1, 0.15) is 26.1 Å². The molecular formula is C11H20N4O. The molecule has 0 spiro atoms. The summed E-state index contributed by atoms with van der Waals surface area (Å²) in [5, 5.41) is 3.16. The molecule has 1 rings (SSSR count). The van der Waals surface area contributed by atoms with Gasteiger partial charge in [-0.2, -0.15) is 0 Å². The van der Waals surface area contributed by atoms with Crippen molar-refractivity contribution >= 4 is 5.82 Å². The molecule has 0 fully saturated rings. The Balaban J connectivity index is 2.64. The van der Waals surface area contributed by atoms with Crippen LogP contribution in [0.3, 0.4) is 0 Å². The largest absolute Gasteiger partial charge is 0.369 e. The maximum absolute atomic E-state index is 11.2. The van der Waals surface area contributed by atoms with Crippen LogP contribution in [0.15, 0.2) is 10.9 Å². The van der Waals surface area contributed by atoms with Crippen molar-refractivity contribution in [3.8, 4) is 0 Å². The Morgan fingerprint density at radius 2 is 2.25 bits per heavy atom. The molecule has 0 saturated heterocycles. The van der Waals surface area contributed by atoms with E-state index < -0.39 is 0 Å². The molecule has 16 heavy (non-hydrogen) atoms. The second kappa shape index (κ2) is 5.12. The molecule has 5 nitrogen and oxygen atoms in total. The van der Waals surface area contributed by atoms with Crippen molar-refractivity contribution in [1.82, 2.24) is 9.97 Å². The number of hydrogen-bond donors (Lipinski definition) is 3. The van der Waals surface area contributed by atoms with E-state index in [-0.39, 0.29) is 11.0 Å². The first-order valence-corrected chi connectivity index (χ1v) is 5.45. The monoisotopic (exact) mass is 224 g/mol. The van der Waals surface area contributed by atoms with Gasteiger partial charge in [-0.3, -0.25) is 4.79 Å². The highest BCUT2D eigenvalue weighted by Gasteiger charge is 2.16. The van der Waals surface area contributed by atoms with Gasteiger partial charge in [-0.15, -0.1) is 0 Å². The van der Waals surface area contributed by atoms with Gasteiger partial charge in [0.05, 0.1) is 0 Å². The fourth-order valence-electron chi connectivity index (χ4n) is 1.48. The maximum Gasteiger partial charge on any atom is 0.252 e. The lowest BCUT2D eigenvalue weighted by molar-refractivity contribution is 0.365. The molecule has 1 aromatic rings. The topological polar surface area (TPSA) is 83.8 Å². The predicted octanol–water partition coefficient (Wildman–Crippen LogP) is 0.865. The second-order valence-electron chi connectivity index (χ2n) is 4.77. The van der Waals surface area contributed by atoms with Gasteiger partial charge in [0.15, 0.2) is 0 Å². The zero-order chi connectivity index (χ0) is 12.2. The molecule has 0 aliphatic carbocycles. The summed E-state index contributed by atoms with van der Waals surface area (Å²) < 4.78 is 0. The van der Waals surface area contributed by atoms with Gasteiger partial charge in [-0.25, -0.2) is 4.98 Å². The average Bonchev–Trinajstić information content (AvgIpc) is 2.13. The van der Waals surface area contributed by atoms with E-state index in [0.29, 0.717) is 18.2 Å². The number of nitrogens with one attached hydrogen (secondary N) is 2. The summed E-state index contributed by atoms with van der Waals surface area (Å²) in [6.07, 6.45) is 0.933. The Labute approximate surface area is 95.5 Å². The van der Waals surface area contributed by atoms with Crippen LogP contribution in [-0.4, -0.2) is 23.1 Å². The third-order valence-corrected chi connectivity index (χ3v) is 2.43. The molecule has 5 heteroatoms. The molecule has 0 bridgehead atoms. The molecule has 0 aliphatic heterocycles. The molecule has 0 aromatic carbocycles. The number of rotatable bonds is 5. The van der Waals surface area contributed by atoms with Crippen molar-refractivity contribution in [3.05, 3.63) is 22.2 Å². The van der Waals surface area contributed by atoms with Crippen molar-refractivity contribution < 1.29 is 0 Å². The Bertz CT molecular complexity index is 397. The van der Waals surface area contributed by atoms with Crippen LogP contribution >= 0.6 is 0 Å². The van der Waals surface area contributed by atoms with Gasteiger partial charge in [-0.05, 0) is 25.3 Å². The summed E-state index contributed by atoms with van der Waals surface area (Å²) in [6, 6.07) is 1.46. The van der Waals surface area contributed by atoms with Crippen LogP contribution in [0, 0.1) is 12.3 Å². The molecule has 4 N–H and O–H groups in total. The number of nitrogens with two attached hydrogens (primary N) is 1. The van der Waals surface area contributed by atoms with E-state index in [9.17, 15) is 4.79 Å². The van der Waals surface area contributed by atoms with E-state index >= 15 is 0 Å². The number of H-pyrrole nitrogens is 1.